The lowest BCUT2D eigenvalue weighted by Gasteiger charge is -2.36. The number of rotatable bonds is 7. The maximum absolute atomic E-state index is 11.2. The van der Waals surface area contributed by atoms with Crippen LogP contribution in [0.3, 0.4) is 0 Å². The summed E-state index contributed by atoms with van der Waals surface area (Å²) in [5.41, 5.74) is 5.42. The van der Waals surface area contributed by atoms with E-state index < -0.39 is 11.9 Å². The Hall–Kier alpha value is -3.38. The summed E-state index contributed by atoms with van der Waals surface area (Å²) in [6.07, 6.45) is 15.6. The Balaban J connectivity index is 0.000000268. The molecular weight excluding hydrogens is 524 g/mol. The molecule has 2 saturated carbocycles. The van der Waals surface area contributed by atoms with Gasteiger partial charge in [0.05, 0.1) is 13.0 Å². The molecule has 2 atom stereocenters. The van der Waals surface area contributed by atoms with Gasteiger partial charge in [0.15, 0.2) is 0 Å². The highest BCUT2D eigenvalue weighted by molar-refractivity contribution is 5.70. The fraction of sp³-hybridized carbons (Fsp3) is 0.500. The topological polar surface area (TPSA) is 71.9 Å². The maximum atomic E-state index is 11.2. The summed E-state index contributed by atoms with van der Waals surface area (Å²) >= 11 is 0. The lowest BCUT2D eigenvalue weighted by Crippen LogP contribution is -2.40. The zero-order valence-electron chi connectivity index (χ0n) is 25.3. The van der Waals surface area contributed by atoms with Crippen molar-refractivity contribution < 1.29 is 19.4 Å². The van der Waals surface area contributed by atoms with Crippen LogP contribution < -0.4 is 9.47 Å². The van der Waals surface area contributed by atoms with Crippen LogP contribution >= 0.6 is 0 Å². The number of pyridine rings is 1. The Morgan fingerprint density at radius 2 is 1.86 bits per heavy atom. The number of carbonyl (C=O) groups is 1. The summed E-state index contributed by atoms with van der Waals surface area (Å²) in [6, 6.07) is 20.7. The molecule has 2 aromatic carbocycles. The molecule has 2 aliphatic heterocycles. The van der Waals surface area contributed by atoms with E-state index in [0.29, 0.717) is 17.8 Å². The first-order valence-electron chi connectivity index (χ1n) is 15.8. The summed E-state index contributed by atoms with van der Waals surface area (Å²) in [5.74, 6) is 0.436. The summed E-state index contributed by atoms with van der Waals surface area (Å²) in [4.78, 5) is 17.8. The van der Waals surface area contributed by atoms with Crippen LogP contribution in [0.4, 0.5) is 0 Å². The molecule has 6 heteroatoms. The molecule has 0 bridgehead atoms. The van der Waals surface area contributed by atoms with Crippen molar-refractivity contribution in [2.24, 2.45) is 5.92 Å². The molecular formula is C36H46N2O4. The zero-order valence-corrected chi connectivity index (χ0v) is 25.3. The molecule has 224 valence electrons. The second-order valence-corrected chi connectivity index (χ2v) is 12.3. The number of hydrogen-bond donors (Lipinski definition) is 1. The molecule has 0 radical (unpaired) electrons. The highest BCUT2D eigenvalue weighted by Crippen LogP contribution is 2.49. The van der Waals surface area contributed by atoms with E-state index in [2.05, 4.69) is 52.3 Å². The average Bonchev–Trinajstić information content (AvgIpc) is 3.96. The number of carboxylic acid groups (broad SMARTS) is 1. The first kappa shape index (κ1) is 30.1. The Morgan fingerprint density at radius 1 is 1.02 bits per heavy atom. The van der Waals surface area contributed by atoms with Gasteiger partial charge < -0.3 is 14.6 Å². The second-order valence-electron chi connectivity index (χ2n) is 12.3. The van der Waals surface area contributed by atoms with Gasteiger partial charge in [0, 0.05) is 24.3 Å². The van der Waals surface area contributed by atoms with Gasteiger partial charge in [0.1, 0.15) is 11.9 Å². The lowest BCUT2D eigenvalue weighted by molar-refractivity contribution is -0.141. The van der Waals surface area contributed by atoms with Gasteiger partial charge in [-0.15, -0.1) is 0 Å². The first-order chi connectivity index (χ1) is 20.5. The number of aromatic nitrogens is 1. The monoisotopic (exact) mass is 570 g/mol. The molecule has 4 aliphatic rings. The number of fused-ring (bicyclic) bond motifs is 1. The van der Waals surface area contributed by atoms with Gasteiger partial charge in [0.2, 0.25) is 5.88 Å². The quantitative estimate of drug-likeness (QED) is 0.313. The minimum atomic E-state index is -0.755. The number of nitrogens with zero attached hydrogens (tertiary/aromatic N) is 2. The summed E-state index contributed by atoms with van der Waals surface area (Å²) in [5, 5.41) is 9.22. The minimum Gasteiger partial charge on any atom is -0.485 e. The van der Waals surface area contributed by atoms with Gasteiger partial charge in [-0.1, -0.05) is 75.1 Å². The van der Waals surface area contributed by atoms with E-state index in [1.54, 1.807) is 26.3 Å². The van der Waals surface area contributed by atoms with Crippen LogP contribution in [0.15, 0.2) is 66.9 Å². The second kappa shape index (κ2) is 14.2. The zero-order chi connectivity index (χ0) is 29.4. The highest BCUT2D eigenvalue weighted by Gasteiger charge is 2.48. The van der Waals surface area contributed by atoms with Crippen LogP contribution in [-0.4, -0.2) is 40.2 Å². The van der Waals surface area contributed by atoms with Crippen LogP contribution in [-0.2, 0) is 24.2 Å². The number of piperidine rings is 1. The molecule has 7 rings (SSSR count). The average molecular weight is 571 g/mol. The van der Waals surface area contributed by atoms with E-state index in [-0.39, 0.29) is 6.10 Å². The third kappa shape index (κ3) is 8.34. The third-order valence-corrected chi connectivity index (χ3v) is 8.75. The molecule has 2 aliphatic carbocycles. The van der Waals surface area contributed by atoms with Crippen molar-refractivity contribution in [2.45, 2.75) is 95.7 Å². The molecule has 3 aromatic rings. The normalized spacial score (nSPS) is 20.4. The van der Waals surface area contributed by atoms with E-state index in [4.69, 9.17) is 9.47 Å². The molecule has 3 fully saturated rings. The van der Waals surface area contributed by atoms with E-state index >= 15 is 0 Å². The van der Waals surface area contributed by atoms with Crippen LogP contribution in [0.5, 0.6) is 11.6 Å². The molecule has 6 nitrogen and oxygen atoms in total. The smallest absolute Gasteiger partial charge is 0.306 e. The van der Waals surface area contributed by atoms with Crippen molar-refractivity contribution in [1.82, 2.24) is 9.88 Å². The molecule has 1 aromatic heterocycles. The SMILES string of the molecule is C1CC1.CC(Cc1ccc2c(c1)OC(c1cccc(CN3CCCCC34CC4)c1)CC2)C(=O)O.COc1ccccn1. The minimum absolute atomic E-state index is 0.0656. The number of aliphatic carboxylic acids is 1. The lowest BCUT2D eigenvalue weighted by atomic mass is 9.93. The van der Waals surface area contributed by atoms with E-state index in [0.717, 1.165) is 30.7 Å². The van der Waals surface area contributed by atoms with Gasteiger partial charge in [-0.05, 0) is 85.9 Å². The number of likely N-dealkylation sites (tertiary alicyclic amines) is 1. The van der Waals surface area contributed by atoms with Crippen molar-refractivity contribution in [3.05, 3.63) is 89.1 Å². The third-order valence-electron chi connectivity index (χ3n) is 8.75. The Morgan fingerprint density at radius 3 is 2.52 bits per heavy atom. The van der Waals surface area contributed by atoms with Gasteiger partial charge in [-0.25, -0.2) is 4.98 Å². The van der Waals surface area contributed by atoms with Gasteiger partial charge in [0.25, 0.3) is 0 Å². The summed E-state index contributed by atoms with van der Waals surface area (Å²) in [6.45, 7) is 4.04. The number of hydrogen-bond acceptors (Lipinski definition) is 5. The number of benzene rings is 2. The van der Waals surface area contributed by atoms with E-state index in [1.807, 2.05) is 12.1 Å². The van der Waals surface area contributed by atoms with Gasteiger partial charge in [-0.2, -0.15) is 0 Å². The van der Waals surface area contributed by atoms with Crippen LogP contribution in [0.1, 0.15) is 93.1 Å². The number of methoxy groups -OCH3 is 1. The molecule has 0 amide bonds. The van der Waals surface area contributed by atoms with Crippen molar-refractivity contribution >= 4 is 5.97 Å². The van der Waals surface area contributed by atoms with Gasteiger partial charge >= 0.3 is 5.97 Å². The van der Waals surface area contributed by atoms with Crippen molar-refractivity contribution in [1.29, 1.82) is 0 Å². The first-order valence-corrected chi connectivity index (χ1v) is 15.8. The fourth-order valence-electron chi connectivity index (χ4n) is 5.91. The summed E-state index contributed by atoms with van der Waals surface area (Å²) < 4.78 is 11.2. The van der Waals surface area contributed by atoms with Crippen LogP contribution in [0.25, 0.3) is 0 Å². The van der Waals surface area contributed by atoms with Crippen LogP contribution in [0, 0.1) is 5.92 Å². The Labute approximate surface area is 251 Å². The van der Waals surface area contributed by atoms with E-state index in [1.165, 1.54) is 74.6 Å². The van der Waals surface area contributed by atoms with Crippen molar-refractivity contribution in [2.75, 3.05) is 13.7 Å². The fourth-order valence-corrected chi connectivity index (χ4v) is 5.91. The standard InChI is InChI=1S/C27H33NO3.C6H7NO.C3H6/c1-19(26(29)30)15-20-7-8-22-9-10-24(31-25(22)17-20)23-6-4-5-21(16-23)18-28-14-3-2-11-27(28)12-13-27;1-8-6-4-2-3-5-7-6;1-2-3-1/h4-8,16-17,19,24H,2-3,9-15,18H2,1H3,(H,29,30);2-5H,1H3;1-3H2. The molecule has 2 unspecified atom stereocenters. The van der Waals surface area contributed by atoms with Gasteiger partial charge in [-0.3, -0.25) is 9.69 Å². The molecule has 1 spiro atoms. The highest BCUT2D eigenvalue weighted by atomic mass is 16.5. The number of ether oxygens (including phenoxy) is 2. The predicted octanol–water partition coefficient (Wildman–Crippen LogP) is 7.80. The maximum Gasteiger partial charge on any atom is 0.306 e. The Kier molecular flexibility index (Phi) is 10.2. The summed E-state index contributed by atoms with van der Waals surface area (Å²) in [7, 11) is 1.60. The van der Waals surface area contributed by atoms with Crippen molar-refractivity contribution in [3.63, 3.8) is 0 Å². The molecule has 42 heavy (non-hydrogen) atoms. The molecule has 1 saturated heterocycles. The molecule has 1 N–H and O–H groups in total. The predicted molar refractivity (Wildman–Crippen MR) is 166 cm³/mol. The number of aryl methyl sites for hydroxylation is 1. The molecule has 3 heterocycles. The van der Waals surface area contributed by atoms with Crippen molar-refractivity contribution in [3.8, 4) is 11.6 Å². The Bertz CT molecular complexity index is 1300. The van der Waals surface area contributed by atoms with Crippen LogP contribution in [0.2, 0.25) is 0 Å². The van der Waals surface area contributed by atoms with E-state index in [9.17, 15) is 9.90 Å². The largest absolute Gasteiger partial charge is 0.485 e. The number of carboxylic acids is 1.